The maximum atomic E-state index is 14.2. The molecule has 1 N–H and O–H groups in total. The summed E-state index contributed by atoms with van der Waals surface area (Å²) in [6.07, 6.45) is 1.71. The van der Waals surface area contributed by atoms with Gasteiger partial charge in [-0.2, -0.15) is 0 Å². The predicted octanol–water partition coefficient (Wildman–Crippen LogP) is 4.62. The maximum Gasteiger partial charge on any atom is 0.264 e. The van der Waals surface area contributed by atoms with Gasteiger partial charge in [0.25, 0.3) is 10.0 Å². The normalized spacial score (nSPS) is 11.6. The van der Waals surface area contributed by atoms with E-state index in [1.165, 1.54) is 30.6 Å². The molecule has 0 bridgehead atoms. The number of nitrogens with one attached hydrogen (secondary N) is 1. The number of aryl methyl sites for hydroxylation is 1. The van der Waals surface area contributed by atoms with Crippen LogP contribution in [0.4, 0.5) is 10.1 Å². The largest absolute Gasteiger partial charge is 0.497 e. The van der Waals surface area contributed by atoms with Gasteiger partial charge < -0.3 is 4.74 Å². The van der Waals surface area contributed by atoms with E-state index in [-0.39, 0.29) is 5.75 Å². The summed E-state index contributed by atoms with van der Waals surface area (Å²) in [6.45, 7) is 1.78. The number of methoxy groups -OCH3 is 1. The first-order chi connectivity index (χ1) is 13.9. The van der Waals surface area contributed by atoms with Crippen molar-refractivity contribution < 1.29 is 17.5 Å². The van der Waals surface area contributed by atoms with Gasteiger partial charge in [0.1, 0.15) is 31.8 Å². The Morgan fingerprint density at radius 3 is 2.66 bits per heavy atom. The van der Waals surface area contributed by atoms with Crippen LogP contribution in [0.25, 0.3) is 20.9 Å². The molecular weight excluding hydrogens is 413 g/mol. The van der Waals surface area contributed by atoms with Crippen LogP contribution in [0.15, 0.2) is 59.6 Å². The van der Waals surface area contributed by atoms with Crippen LogP contribution in [0.2, 0.25) is 0 Å². The average molecular weight is 429 g/mol. The third-order valence-corrected chi connectivity index (χ3v) is 6.74. The molecule has 0 unspecified atom stereocenters. The van der Waals surface area contributed by atoms with Crippen molar-refractivity contribution >= 4 is 37.4 Å². The molecule has 0 aliphatic heterocycles. The quantitative estimate of drug-likeness (QED) is 0.501. The smallest absolute Gasteiger partial charge is 0.264 e. The van der Waals surface area contributed by atoms with Gasteiger partial charge >= 0.3 is 0 Å². The lowest BCUT2D eigenvalue weighted by Gasteiger charge is -2.12. The Kier molecular flexibility index (Phi) is 4.93. The molecule has 0 atom stereocenters. The van der Waals surface area contributed by atoms with Crippen LogP contribution in [-0.2, 0) is 10.0 Å². The molecule has 2 heterocycles. The van der Waals surface area contributed by atoms with Crippen molar-refractivity contribution in [3.8, 4) is 16.3 Å². The van der Waals surface area contributed by atoms with Gasteiger partial charge in [0, 0.05) is 17.8 Å². The van der Waals surface area contributed by atoms with E-state index in [0.29, 0.717) is 11.3 Å². The van der Waals surface area contributed by atoms with Crippen molar-refractivity contribution in [2.24, 2.45) is 0 Å². The van der Waals surface area contributed by atoms with E-state index in [9.17, 15) is 12.8 Å². The van der Waals surface area contributed by atoms with Gasteiger partial charge in [-0.15, -0.1) is 0 Å². The molecule has 0 saturated heterocycles. The highest BCUT2D eigenvalue weighted by atomic mass is 32.2. The minimum absolute atomic E-state index is 0.243. The zero-order chi connectivity index (χ0) is 20.6. The number of sulfonamides is 1. The molecule has 9 heteroatoms. The number of benzene rings is 2. The Hall–Kier alpha value is -3.04. The Morgan fingerprint density at radius 2 is 1.97 bits per heavy atom. The maximum absolute atomic E-state index is 14.2. The molecule has 4 aromatic rings. The minimum atomic E-state index is -4.09. The van der Waals surface area contributed by atoms with E-state index >= 15 is 0 Å². The zero-order valence-electron chi connectivity index (χ0n) is 15.5. The van der Waals surface area contributed by atoms with Gasteiger partial charge in [-0.3, -0.25) is 4.72 Å². The van der Waals surface area contributed by atoms with Gasteiger partial charge in [0.15, 0.2) is 0 Å². The molecule has 148 valence electrons. The van der Waals surface area contributed by atoms with Crippen LogP contribution in [0, 0.1) is 12.7 Å². The molecule has 0 saturated carbocycles. The molecule has 2 aromatic heterocycles. The summed E-state index contributed by atoms with van der Waals surface area (Å²) in [5.74, 6) is -0.639. The summed E-state index contributed by atoms with van der Waals surface area (Å²) < 4.78 is 46.8. The SMILES string of the molecule is COc1ccc(S(=O)(=O)Nc2ccc(-c3nc4cccnc4s3)cc2C)c(F)c1. The lowest BCUT2D eigenvalue weighted by Crippen LogP contribution is -2.15. The van der Waals surface area contributed by atoms with E-state index in [4.69, 9.17) is 4.74 Å². The second-order valence-electron chi connectivity index (χ2n) is 6.28. The standard InChI is InChI=1S/C20H16FN3O3S2/c1-12-10-13(19-23-17-4-3-9-22-20(17)28-19)5-7-16(12)24-29(25,26)18-8-6-14(27-2)11-15(18)21/h3-11,24H,1-2H3. The molecule has 0 radical (unpaired) electrons. The Morgan fingerprint density at radius 1 is 1.14 bits per heavy atom. The highest BCUT2D eigenvalue weighted by molar-refractivity contribution is 7.92. The molecular formula is C20H16FN3O3S2. The summed E-state index contributed by atoms with van der Waals surface area (Å²) >= 11 is 1.46. The third-order valence-electron chi connectivity index (χ3n) is 4.31. The van der Waals surface area contributed by atoms with E-state index in [0.717, 1.165) is 27.0 Å². The Balaban J connectivity index is 1.64. The summed E-state index contributed by atoms with van der Waals surface area (Å²) in [4.78, 5) is 9.24. The predicted molar refractivity (Wildman–Crippen MR) is 111 cm³/mol. The van der Waals surface area contributed by atoms with Crippen molar-refractivity contribution in [2.75, 3.05) is 11.8 Å². The number of halogens is 1. The lowest BCUT2D eigenvalue weighted by molar-refractivity contribution is 0.410. The van der Waals surface area contributed by atoms with Crippen LogP contribution in [0.1, 0.15) is 5.56 Å². The van der Waals surface area contributed by atoms with Crippen molar-refractivity contribution in [1.29, 1.82) is 0 Å². The van der Waals surface area contributed by atoms with Gasteiger partial charge in [0.05, 0.1) is 12.8 Å². The minimum Gasteiger partial charge on any atom is -0.497 e. The number of aromatic nitrogens is 2. The fraction of sp³-hybridized carbons (Fsp3) is 0.100. The molecule has 0 aliphatic rings. The van der Waals surface area contributed by atoms with Gasteiger partial charge in [0.2, 0.25) is 0 Å². The topological polar surface area (TPSA) is 81.2 Å². The van der Waals surface area contributed by atoms with Crippen LogP contribution >= 0.6 is 11.3 Å². The molecule has 4 rings (SSSR count). The summed E-state index contributed by atoms with van der Waals surface area (Å²) in [7, 11) is -2.71. The van der Waals surface area contributed by atoms with E-state index in [2.05, 4.69) is 14.7 Å². The fourth-order valence-corrected chi connectivity index (χ4v) is 4.93. The number of pyridine rings is 1. The lowest BCUT2D eigenvalue weighted by atomic mass is 10.1. The van der Waals surface area contributed by atoms with Crippen LogP contribution in [-0.4, -0.2) is 25.5 Å². The fourth-order valence-electron chi connectivity index (χ4n) is 2.83. The molecule has 0 fully saturated rings. The first-order valence-electron chi connectivity index (χ1n) is 8.56. The first-order valence-corrected chi connectivity index (χ1v) is 10.9. The van der Waals surface area contributed by atoms with Gasteiger partial charge in [-0.25, -0.2) is 22.8 Å². The second-order valence-corrected chi connectivity index (χ2v) is 8.91. The van der Waals surface area contributed by atoms with Gasteiger partial charge in [-0.05, 0) is 55.0 Å². The third kappa shape index (κ3) is 3.79. The van der Waals surface area contributed by atoms with Crippen LogP contribution in [0.5, 0.6) is 5.75 Å². The van der Waals surface area contributed by atoms with E-state index < -0.39 is 20.7 Å². The number of rotatable bonds is 5. The summed E-state index contributed by atoms with van der Waals surface area (Å²) in [5, 5.41) is 0.789. The molecule has 0 amide bonds. The summed E-state index contributed by atoms with van der Waals surface area (Å²) in [6, 6.07) is 12.6. The summed E-state index contributed by atoms with van der Waals surface area (Å²) in [5.41, 5.74) is 2.71. The number of thiazole rings is 1. The monoisotopic (exact) mass is 429 g/mol. The highest BCUT2D eigenvalue weighted by Gasteiger charge is 2.21. The molecule has 6 nitrogen and oxygen atoms in total. The van der Waals surface area contributed by atoms with Crippen molar-refractivity contribution in [2.45, 2.75) is 11.8 Å². The number of ether oxygens (including phenoxy) is 1. The zero-order valence-corrected chi connectivity index (χ0v) is 17.1. The van der Waals surface area contributed by atoms with Crippen molar-refractivity contribution in [1.82, 2.24) is 9.97 Å². The number of hydrogen-bond acceptors (Lipinski definition) is 6. The highest BCUT2D eigenvalue weighted by Crippen LogP contribution is 2.32. The van der Waals surface area contributed by atoms with Crippen LogP contribution in [0.3, 0.4) is 0 Å². The number of hydrogen-bond donors (Lipinski definition) is 1. The van der Waals surface area contributed by atoms with Crippen LogP contribution < -0.4 is 9.46 Å². The first kappa shape index (κ1) is 19.3. The van der Waals surface area contributed by atoms with E-state index in [1.807, 2.05) is 18.2 Å². The second kappa shape index (κ2) is 7.41. The van der Waals surface area contributed by atoms with Crippen molar-refractivity contribution in [3.63, 3.8) is 0 Å². The molecule has 0 aliphatic carbocycles. The number of fused-ring (bicyclic) bond motifs is 1. The molecule has 29 heavy (non-hydrogen) atoms. The number of nitrogens with zero attached hydrogens (tertiary/aromatic N) is 2. The van der Waals surface area contributed by atoms with Gasteiger partial charge in [-0.1, -0.05) is 11.3 Å². The average Bonchev–Trinajstić information content (AvgIpc) is 3.13. The molecule has 0 spiro atoms. The Bertz CT molecular complexity index is 1290. The van der Waals surface area contributed by atoms with E-state index in [1.54, 1.807) is 25.3 Å². The number of anilines is 1. The molecule has 2 aromatic carbocycles. The van der Waals surface area contributed by atoms with Crippen molar-refractivity contribution in [3.05, 3.63) is 66.1 Å². The Labute approximate surface area is 171 Å².